The van der Waals surface area contributed by atoms with E-state index in [4.69, 9.17) is 11.6 Å². The number of hydrogen-bond donors (Lipinski definition) is 0. The van der Waals surface area contributed by atoms with Crippen molar-refractivity contribution in [2.24, 2.45) is 5.92 Å². The zero-order valence-electron chi connectivity index (χ0n) is 12.4. The van der Waals surface area contributed by atoms with Gasteiger partial charge in [0.1, 0.15) is 0 Å². The van der Waals surface area contributed by atoms with Crippen LogP contribution in [-0.4, -0.2) is 0 Å². The number of halogens is 1. The largest absolute Gasteiger partial charge is 0.0984 e. The lowest BCUT2D eigenvalue weighted by Gasteiger charge is -2.16. The van der Waals surface area contributed by atoms with Crippen molar-refractivity contribution in [1.82, 2.24) is 0 Å². The fourth-order valence-electron chi connectivity index (χ4n) is 1.82. The smallest absolute Gasteiger partial charge is 0.0324 e. The van der Waals surface area contributed by atoms with Gasteiger partial charge in [-0.3, -0.25) is 0 Å². The van der Waals surface area contributed by atoms with Gasteiger partial charge in [0.15, 0.2) is 0 Å². The van der Waals surface area contributed by atoms with Crippen LogP contribution in [0.3, 0.4) is 0 Å². The summed E-state index contributed by atoms with van der Waals surface area (Å²) in [5, 5.41) is 0.863. The van der Waals surface area contributed by atoms with Gasteiger partial charge in [0.25, 0.3) is 0 Å². The third kappa shape index (κ3) is 5.27. The summed E-state index contributed by atoms with van der Waals surface area (Å²) in [6.07, 6.45) is 8.59. The normalized spacial score (nSPS) is 15.1. The minimum absolute atomic E-state index is 0.243. The average molecular weight is 267 g/mol. The Bertz CT molecular complexity index is 345. The third-order valence-electron chi connectivity index (χ3n) is 3.44. The molecule has 0 aliphatic carbocycles. The number of allylic oxidation sites excluding steroid dienone is 6. The van der Waals surface area contributed by atoms with Gasteiger partial charge in [-0.1, -0.05) is 69.2 Å². The van der Waals surface area contributed by atoms with Gasteiger partial charge in [-0.25, -0.2) is 0 Å². The van der Waals surface area contributed by atoms with E-state index in [2.05, 4.69) is 40.0 Å². The first-order valence-electron chi connectivity index (χ1n) is 6.82. The molecular weight excluding hydrogens is 240 g/mol. The molecule has 0 aliphatic rings. The van der Waals surface area contributed by atoms with Crippen LogP contribution in [0.2, 0.25) is 0 Å². The topological polar surface area (TPSA) is 0 Å². The molecule has 0 aromatic heterocycles. The summed E-state index contributed by atoms with van der Waals surface area (Å²) in [6, 6.07) is 0. The second kappa shape index (κ2) is 9.22. The molecule has 0 amide bonds. The van der Waals surface area contributed by atoms with Crippen molar-refractivity contribution < 1.29 is 0 Å². The van der Waals surface area contributed by atoms with Crippen molar-refractivity contribution in [1.29, 1.82) is 0 Å². The Morgan fingerprint density at radius 2 is 1.94 bits per heavy atom. The summed E-state index contributed by atoms with van der Waals surface area (Å²) < 4.78 is 0. The second-order valence-electron chi connectivity index (χ2n) is 4.78. The Kier molecular flexibility index (Phi) is 8.83. The molecule has 0 spiro atoms. The van der Waals surface area contributed by atoms with Crippen LogP contribution >= 0.6 is 11.6 Å². The summed E-state index contributed by atoms with van der Waals surface area (Å²) in [4.78, 5) is 0. The van der Waals surface area contributed by atoms with Crippen LogP contribution in [0.25, 0.3) is 0 Å². The highest BCUT2D eigenvalue weighted by atomic mass is 35.5. The Labute approximate surface area is 118 Å². The fourth-order valence-corrected chi connectivity index (χ4v) is 2.20. The van der Waals surface area contributed by atoms with E-state index in [-0.39, 0.29) is 5.92 Å². The summed E-state index contributed by atoms with van der Waals surface area (Å²) >= 11 is 6.49. The number of rotatable bonds is 8. The van der Waals surface area contributed by atoms with E-state index in [9.17, 15) is 0 Å². The average Bonchev–Trinajstić information content (AvgIpc) is 2.37. The molecule has 0 saturated heterocycles. The van der Waals surface area contributed by atoms with Gasteiger partial charge in [0.2, 0.25) is 0 Å². The lowest BCUT2D eigenvalue weighted by Crippen LogP contribution is -2.01. The minimum Gasteiger partial charge on any atom is -0.0984 e. The Balaban J connectivity index is 4.92. The van der Waals surface area contributed by atoms with Gasteiger partial charge < -0.3 is 0 Å². The Morgan fingerprint density at radius 3 is 2.39 bits per heavy atom. The van der Waals surface area contributed by atoms with Gasteiger partial charge in [0.05, 0.1) is 0 Å². The van der Waals surface area contributed by atoms with Crippen LogP contribution in [0.15, 0.2) is 47.1 Å². The van der Waals surface area contributed by atoms with Gasteiger partial charge in [-0.15, -0.1) is 0 Å². The van der Waals surface area contributed by atoms with Crippen LogP contribution in [0.5, 0.6) is 0 Å². The molecule has 1 heteroatoms. The zero-order chi connectivity index (χ0) is 14.1. The molecular formula is C17H27Cl. The molecule has 0 bridgehead atoms. The number of hydrogen-bond acceptors (Lipinski definition) is 0. The van der Waals surface area contributed by atoms with Crippen LogP contribution in [-0.2, 0) is 0 Å². The van der Waals surface area contributed by atoms with Crippen molar-refractivity contribution in [3.8, 4) is 0 Å². The maximum Gasteiger partial charge on any atom is 0.0324 e. The molecule has 0 aromatic carbocycles. The molecule has 0 saturated carbocycles. The van der Waals surface area contributed by atoms with E-state index in [0.29, 0.717) is 0 Å². The first-order chi connectivity index (χ1) is 8.49. The molecule has 1 atom stereocenters. The lowest BCUT2D eigenvalue weighted by molar-refractivity contribution is 0.716. The first-order valence-corrected chi connectivity index (χ1v) is 7.20. The standard InChI is InChI=1S/C17H27Cl/c1-7-10-11-12-14(5)16(9-3)17(18)15(6)13(4)8-2/h8-9,15H,3,5,7,10-12H2,1-2,4,6H3/b13-8-,17-16+. The summed E-state index contributed by atoms with van der Waals surface area (Å²) in [5.41, 5.74) is 3.42. The predicted octanol–water partition coefficient (Wildman–Crippen LogP) is 6.40. The van der Waals surface area contributed by atoms with Crippen molar-refractivity contribution in [2.45, 2.75) is 53.4 Å². The summed E-state index contributed by atoms with van der Waals surface area (Å²) in [7, 11) is 0. The predicted molar refractivity (Wildman–Crippen MR) is 85.0 cm³/mol. The van der Waals surface area contributed by atoms with Crippen molar-refractivity contribution in [3.63, 3.8) is 0 Å². The zero-order valence-corrected chi connectivity index (χ0v) is 13.1. The highest BCUT2D eigenvalue weighted by Gasteiger charge is 2.13. The van der Waals surface area contributed by atoms with Crippen LogP contribution in [0, 0.1) is 5.92 Å². The maximum atomic E-state index is 6.49. The van der Waals surface area contributed by atoms with E-state index in [0.717, 1.165) is 22.6 Å². The maximum absolute atomic E-state index is 6.49. The van der Waals surface area contributed by atoms with E-state index in [1.807, 2.05) is 13.0 Å². The first kappa shape index (κ1) is 17.2. The molecule has 0 rings (SSSR count). The van der Waals surface area contributed by atoms with Crippen molar-refractivity contribution in [2.75, 3.05) is 0 Å². The highest BCUT2D eigenvalue weighted by Crippen LogP contribution is 2.31. The molecule has 0 aliphatic heterocycles. The highest BCUT2D eigenvalue weighted by molar-refractivity contribution is 6.30. The minimum atomic E-state index is 0.243. The van der Waals surface area contributed by atoms with Crippen LogP contribution in [0.4, 0.5) is 0 Å². The van der Waals surface area contributed by atoms with Gasteiger partial charge >= 0.3 is 0 Å². The molecule has 102 valence electrons. The van der Waals surface area contributed by atoms with E-state index < -0.39 is 0 Å². The quantitative estimate of drug-likeness (QED) is 0.271. The Hall–Kier alpha value is -0.750. The van der Waals surface area contributed by atoms with E-state index in [1.54, 1.807) is 0 Å². The summed E-state index contributed by atoms with van der Waals surface area (Å²) in [6.45, 7) is 16.5. The molecule has 0 fully saturated rings. The van der Waals surface area contributed by atoms with Crippen molar-refractivity contribution >= 4 is 11.6 Å². The van der Waals surface area contributed by atoms with Crippen LogP contribution in [0.1, 0.15) is 53.4 Å². The monoisotopic (exact) mass is 266 g/mol. The second-order valence-corrected chi connectivity index (χ2v) is 5.19. The van der Waals surface area contributed by atoms with Gasteiger partial charge in [-0.05, 0) is 37.8 Å². The van der Waals surface area contributed by atoms with E-state index >= 15 is 0 Å². The number of unbranched alkanes of at least 4 members (excludes halogenated alkanes) is 2. The molecule has 18 heavy (non-hydrogen) atoms. The fraction of sp³-hybridized carbons (Fsp3) is 0.529. The molecule has 0 nitrogen and oxygen atoms in total. The Morgan fingerprint density at radius 1 is 1.33 bits per heavy atom. The van der Waals surface area contributed by atoms with Gasteiger partial charge in [-0.2, -0.15) is 0 Å². The van der Waals surface area contributed by atoms with Gasteiger partial charge in [0, 0.05) is 11.0 Å². The lowest BCUT2D eigenvalue weighted by atomic mass is 9.94. The molecule has 0 heterocycles. The SMILES string of the molecule is C=C/C(C(=C)CCCCC)=C(\Cl)C(C)/C(C)=C\C. The molecule has 0 N–H and O–H groups in total. The third-order valence-corrected chi connectivity index (χ3v) is 3.97. The molecule has 0 aromatic rings. The molecule has 1 unspecified atom stereocenters. The van der Waals surface area contributed by atoms with E-state index in [1.165, 1.54) is 24.8 Å². The van der Waals surface area contributed by atoms with Crippen LogP contribution < -0.4 is 0 Å². The summed E-state index contributed by atoms with van der Waals surface area (Å²) in [5.74, 6) is 0.243. The van der Waals surface area contributed by atoms with Crippen molar-refractivity contribution in [3.05, 3.63) is 47.1 Å². The molecule has 0 radical (unpaired) electrons.